The molecule has 172 valence electrons. The predicted molar refractivity (Wildman–Crippen MR) is 137 cm³/mol. The minimum Gasteiger partial charge on any atom is -0.494 e. The molecule has 32 heavy (non-hydrogen) atoms. The van der Waals surface area contributed by atoms with Gasteiger partial charge in [-0.3, -0.25) is 9.67 Å². The van der Waals surface area contributed by atoms with Crippen molar-refractivity contribution in [3.05, 3.63) is 65.1 Å². The summed E-state index contributed by atoms with van der Waals surface area (Å²) in [7, 11) is 3.71. The van der Waals surface area contributed by atoms with E-state index in [1.165, 1.54) is 5.56 Å². The topological polar surface area (TPSA) is 85.6 Å². The van der Waals surface area contributed by atoms with Crippen LogP contribution in [0.4, 0.5) is 0 Å². The Morgan fingerprint density at radius 2 is 1.75 bits per heavy atom. The summed E-state index contributed by atoms with van der Waals surface area (Å²) >= 11 is 0. The zero-order chi connectivity index (χ0) is 22.2. The molecule has 0 saturated heterocycles. The SMILES string of the molecule is CCOc1ccc(Oc2cc(CNC(=NC)NCc3c(C)nn(C)c3C)ccn2)cc1.I. The molecular formula is C23H31IN6O2. The summed E-state index contributed by atoms with van der Waals surface area (Å²) in [6, 6.07) is 11.3. The molecule has 3 rings (SSSR count). The number of aromatic nitrogens is 3. The highest BCUT2D eigenvalue weighted by Gasteiger charge is 2.10. The van der Waals surface area contributed by atoms with Gasteiger partial charge in [0.2, 0.25) is 5.88 Å². The lowest BCUT2D eigenvalue weighted by molar-refractivity contribution is 0.339. The van der Waals surface area contributed by atoms with E-state index < -0.39 is 0 Å². The molecule has 0 amide bonds. The normalized spacial score (nSPS) is 11.0. The fourth-order valence-electron chi connectivity index (χ4n) is 3.16. The van der Waals surface area contributed by atoms with Gasteiger partial charge in [-0.15, -0.1) is 24.0 Å². The number of guanidine groups is 1. The van der Waals surface area contributed by atoms with Gasteiger partial charge in [-0.25, -0.2) is 4.98 Å². The number of pyridine rings is 1. The van der Waals surface area contributed by atoms with Gasteiger partial charge in [-0.2, -0.15) is 5.10 Å². The molecule has 0 aliphatic heterocycles. The number of benzene rings is 1. The van der Waals surface area contributed by atoms with Gasteiger partial charge < -0.3 is 20.1 Å². The van der Waals surface area contributed by atoms with Crippen LogP contribution in [0, 0.1) is 13.8 Å². The van der Waals surface area contributed by atoms with Gasteiger partial charge in [0.15, 0.2) is 5.96 Å². The third-order valence-electron chi connectivity index (χ3n) is 4.93. The maximum Gasteiger partial charge on any atom is 0.219 e. The first-order valence-electron chi connectivity index (χ1n) is 10.3. The largest absolute Gasteiger partial charge is 0.494 e. The molecule has 8 nitrogen and oxygen atoms in total. The first-order chi connectivity index (χ1) is 15.0. The van der Waals surface area contributed by atoms with Crippen LogP contribution in [-0.2, 0) is 20.1 Å². The third-order valence-corrected chi connectivity index (χ3v) is 4.93. The number of ether oxygens (including phenoxy) is 2. The number of nitrogens with zero attached hydrogens (tertiary/aromatic N) is 4. The fourth-order valence-corrected chi connectivity index (χ4v) is 3.16. The van der Waals surface area contributed by atoms with Crippen LogP contribution in [0.1, 0.15) is 29.4 Å². The number of aryl methyl sites for hydroxylation is 2. The van der Waals surface area contributed by atoms with Gasteiger partial charge in [0.1, 0.15) is 11.5 Å². The van der Waals surface area contributed by atoms with E-state index >= 15 is 0 Å². The highest BCUT2D eigenvalue weighted by molar-refractivity contribution is 14.0. The molecule has 0 bridgehead atoms. The number of hydrogen-bond acceptors (Lipinski definition) is 5. The molecule has 0 unspecified atom stereocenters. The second kappa shape index (κ2) is 12.3. The molecule has 0 spiro atoms. The maximum absolute atomic E-state index is 5.87. The molecule has 0 radical (unpaired) electrons. The highest BCUT2D eigenvalue weighted by atomic mass is 127. The molecule has 1 aromatic carbocycles. The standard InChI is InChI=1S/C23H30N6O2.HI/c1-6-30-19-7-9-20(10-8-19)31-22-13-18(11-12-25-22)14-26-23(24-4)27-15-21-16(2)28-29(5)17(21)3;/h7-13H,6,14-15H2,1-5H3,(H2,24,26,27);1H. The van der Waals surface area contributed by atoms with Gasteiger partial charge >= 0.3 is 0 Å². The fraction of sp³-hybridized carbons (Fsp3) is 0.348. The molecule has 2 N–H and O–H groups in total. The van der Waals surface area contributed by atoms with E-state index in [-0.39, 0.29) is 24.0 Å². The van der Waals surface area contributed by atoms with Crippen molar-refractivity contribution in [2.45, 2.75) is 33.9 Å². The van der Waals surface area contributed by atoms with Crippen LogP contribution in [0.3, 0.4) is 0 Å². The summed E-state index contributed by atoms with van der Waals surface area (Å²) in [5.41, 5.74) is 4.38. The first-order valence-corrected chi connectivity index (χ1v) is 10.3. The van der Waals surface area contributed by atoms with Gasteiger partial charge in [0.25, 0.3) is 0 Å². The van der Waals surface area contributed by atoms with Crippen molar-refractivity contribution in [2.24, 2.45) is 12.0 Å². The van der Waals surface area contributed by atoms with E-state index in [0.717, 1.165) is 22.7 Å². The molecular weight excluding hydrogens is 519 g/mol. The van der Waals surface area contributed by atoms with Crippen molar-refractivity contribution < 1.29 is 9.47 Å². The van der Waals surface area contributed by atoms with E-state index in [9.17, 15) is 0 Å². The van der Waals surface area contributed by atoms with E-state index in [1.54, 1.807) is 13.2 Å². The molecule has 0 atom stereocenters. The van der Waals surface area contributed by atoms with E-state index in [1.807, 2.05) is 62.0 Å². The number of nitrogens with one attached hydrogen (secondary N) is 2. The van der Waals surface area contributed by atoms with Crippen molar-refractivity contribution >= 4 is 29.9 Å². The van der Waals surface area contributed by atoms with Crippen LogP contribution in [0.5, 0.6) is 17.4 Å². The Balaban J connectivity index is 0.00000363. The molecule has 0 aliphatic carbocycles. The number of halogens is 1. The Morgan fingerprint density at radius 3 is 2.38 bits per heavy atom. The van der Waals surface area contributed by atoms with Crippen molar-refractivity contribution in [3.63, 3.8) is 0 Å². The van der Waals surface area contributed by atoms with E-state index in [0.29, 0.717) is 37.3 Å². The summed E-state index contributed by atoms with van der Waals surface area (Å²) < 4.78 is 13.2. The summed E-state index contributed by atoms with van der Waals surface area (Å²) in [5, 5.41) is 11.1. The number of aliphatic imine (C=N–C) groups is 1. The average molecular weight is 550 g/mol. The van der Waals surface area contributed by atoms with Crippen LogP contribution in [-0.4, -0.2) is 34.4 Å². The minimum atomic E-state index is 0. The maximum atomic E-state index is 5.87. The highest BCUT2D eigenvalue weighted by Crippen LogP contribution is 2.23. The van der Waals surface area contributed by atoms with Crippen molar-refractivity contribution in [1.82, 2.24) is 25.4 Å². The summed E-state index contributed by atoms with van der Waals surface area (Å²) in [6.07, 6.45) is 1.74. The van der Waals surface area contributed by atoms with Gasteiger partial charge in [-0.1, -0.05) is 0 Å². The Kier molecular flexibility index (Phi) is 9.76. The zero-order valence-corrected chi connectivity index (χ0v) is 21.5. The lowest BCUT2D eigenvalue weighted by Crippen LogP contribution is -2.36. The monoisotopic (exact) mass is 550 g/mol. The molecule has 0 saturated carbocycles. The molecule has 0 aliphatic rings. The summed E-state index contributed by atoms with van der Waals surface area (Å²) in [6.45, 7) is 7.93. The van der Waals surface area contributed by atoms with Crippen molar-refractivity contribution in [3.8, 4) is 17.4 Å². The second-order valence-corrected chi connectivity index (χ2v) is 7.06. The Morgan fingerprint density at radius 1 is 1.06 bits per heavy atom. The Bertz CT molecular complexity index is 1030. The Hall–Kier alpha value is -2.82. The van der Waals surface area contributed by atoms with E-state index in [4.69, 9.17) is 9.47 Å². The summed E-state index contributed by atoms with van der Waals surface area (Å²) in [5.74, 6) is 2.78. The van der Waals surface area contributed by atoms with Crippen LogP contribution in [0.2, 0.25) is 0 Å². The molecule has 0 fully saturated rings. The minimum absolute atomic E-state index is 0. The van der Waals surface area contributed by atoms with Crippen LogP contribution < -0.4 is 20.1 Å². The lowest BCUT2D eigenvalue weighted by Gasteiger charge is -2.13. The average Bonchev–Trinajstić information content (AvgIpc) is 3.01. The first kappa shape index (κ1) is 25.4. The van der Waals surface area contributed by atoms with Crippen LogP contribution in [0.15, 0.2) is 47.6 Å². The molecule has 2 heterocycles. The second-order valence-electron chi connectivity index (χ2n) is 7.06. The van der Waals surface area contributed by atoms with Crippen LogP contribution >= 0.6 is 24.0 Å². The Labute approximate surface area is 206 Å². The summed E-state index contributed by atoms with van der Waals surface area (Å²) in [4.78, 5) is 8.61. The van der Waals surface area contributed by atoms with Gasteiger partial charge in [0.05, 0.1) is 12.3 Å². The molecule has 3 aromatic rings. The smallest absolute Gasteiger partial charge is 0.219 e. The predicted octanol–water partition coefficient (Wildman–Crippen LogP) is 4.11. The number of hydrogen-bond donors (Lipinski definition) is 2. The zero-order valence-electron chi connectivity index (χ0n) is 19.2. The lowest BCUT2D eigenvalue weighted by atomic mass is 10.2. The van der Waals surface area contributed by atoms with E-state index in [2.05, 4.69) is 32.6 Å². The number of rotatable bonds is 8. The third kappa shape index (κ3) is 6.84. The van der Waals surface area contributed by atoms with Crippen molar-refractivity contribution in [1.29, 1.82) is 0 Å². The van der Waals surface area contributed by atoms with Gasteiger partial charge in [0, 0.05) is 50.7 Å². The molecule has 9 heteroatoms. The van der Waals surface area contributed by atoms with Gasteiger partial charge in [-0.05, 0) is 56.7 Å². The van der Waals surface area contributed by atoms with Crippen molar-refractivity contribution in [2.75, 3.05) is 13.7 Å². The quantitative estimate of drug-likeness (QED) is 0.250. The molecule has 2 aromatic heterocycles. The van der Waals surface area contributed by atoms with Crippen LogP contribution in [0.25, 0.3) is 0 Å².